The summed E-state index contributed by atoms with van der Waals surface area (Å²) < 4.78 is 11.4. The Morgan fingerprint density at radius 1 is 1.59 bits per heavy atom. The molecule has 0 saturated carbocycles. The van der Waals surface area contributed by atoms with E-state index in [1.807, 2.05) is 18.3 Å². The Balaban J connectivity index is 1.54. The summed E-state index contributed by atoms with van der Waals surface area (Å²) in [6.45, 7) is 5.21. The molecule has 0 spiro atoms. The molecule has 17 heavy (non-hydrogen) atoms. The highest BCUT2D eigenvalue weighted by Crippen LogP contribution is 2.37. The fourth-order valence-electron chi connectivity index (χ4n) is 2.73. The molecule has 4 nitrogen and oxygen atoms in total. The summed E-state index contributed by atoms with van der Waals surface area (Å²) in [5.74, 6) is 0.622. The van der Waals surface area contributed by atoms with Gasteiger partial charge in [-0.25, -0.2) is 0 Å². The highest BCUT2D eigenvalue weighted by molar-refractivity contribution is 5.07. The summed E-state index contributed by atoms with van der Waals surface area (Å²) in [6, 6.07) is 3.98. The number of fused-ring (bicyclic) bond motifs is 1. The molecule has 2 saturated heterocycles. The van der Waals surface area contributed by atoms with Crippen LogP contribution in [-0.4, -0.2) is 37.9 Å². The molecular formula is C13H18N2O2. The number of aromatic nitrogens is 1. The fraction of sp³-hybridized carbons (Fsp3) is 0.615. The Morgan fingerprint density at radius 2 is 2.59 bits per heavy atom. The van der Waals surface area contributed by atoms with Gasteiger partial charge < -0.3 is 14.8 Å². The zero-order valence-corrected chi connectivity index (χ0v) is 9.89. The highest BCUT2D eigenvalue weighted by Gasteiger charge is 2.47. The summed E-state index contributed by atoms with van der Waals surface area (Å²) in [5.41, 5.74) is 1.34. The van der Waals surface area contributed by atoms with E-state index < -0.39 is 0 Å². The van der Waals surface area contributed by atoms with Gasteiger partial charge in [-0.2, -0.15) is 0 Å². The molecule has 0 radical (unpaired) electrons. The van der Waals surface area contributed by atoms with E-state index in [1.54, 1.807) is 6.20 Å². The van der Waals surface area contributed by atoms with Crippen molar-refractivity contribution in [2.45, 2.75) is 6.61 Å². The zero-order valence-electron chi connectivity index (χ0n) is 9.89. The molecule has 2 aliphatic heterocycles. The van der Waals surface area contributed by atoms with Crippen molar-refractivity contribution >= 4 is 0 Å². The van der Waals surface area contributed by atoms with Gasteiger partial charge in [0.25, 0.3) is 0 Å². The van der Waals surface area contributed by atoms with Crippen LogP contribution in [0.1, 0.15) is 5.56 Å². The van der Waals surface area contributed by atoms with Crippen LogP contribution in [0.3, 0.4) is 0 Å². The lowest BCUT2D eigenvalue weighted by Gasteiger charge is -2.25. The van der Waals surface area contributed by atoms with E-state index >= 15 is 0 Å². The van der Waals surface area contributed by atoms with E-state index in [-0.39, 0.29) is 5.41 Å². The first kappa shape index (κ1) is 11.1. The van der Waals surface area contributed by atoms with Crippen molar-refractivity contribution in [1.29, 1.82) is 0 Å². The molecule has 2 atom stereocenters. The molecule has 4 heteroatoms. The first-order valence-electron chi connectivity index (χ1n) is 6.14. The molecule has 0 amide bonds. The Hall–Kier alpha value is -0.970. The maximum atomic E-state index is 5.85. The van der Waals surface area contributed by atoms with Crippen molar-refractivity contribution in [2.75, 3.05) is 32.9 Å². The molecule has 92 valence electrons. The van der Waals surface area contributed by atoms with Crippen LogP contribution in [0, 0.1) is 11.3 Å². The second kappa shape index (κ2) is 4.72. The molecule has 3 rings (SSSR count). The average molecular weight is 234 g/mol. The van der Waals surface area contributed by atoms with Gasteiger partial charge in [0.2, 0.25) is 0 Å². The summed E-state index contributed by atoms with van der Waals surface area (Å²) in [6.07, 6.45) is 3.64. The average Bonchev–Trinajstić information content (AvgIpc) is 2.89. The normalized spacial score (nSPS) is 31.6. The topological polar surface area (TPSA) is 43.4 Å². The van der Waals surface area contributed by atoms with E-state index in [0.29, 0.717) is 12.5 Å². The minimum absolute atomic E-state index is 0.211. The van der Waals surface area contributed by atoms with Crippen LogP contribution >= 0.6 is 0 Å². The van der Waals surface area contributed by atoms with E-state index in [9.17, 15) is 0 Å². The number of pyridine rings is 1. The van der Waals surface area contributed by atoms with Crippen LogP contribution in [0.4, 0.5) is 0 Å². The maximum Gasteiger partial charge on any atom is 0.0732 e. The monoisotopic (exact) mass is 234 g/mol. The van der Waals surface area contributed by atoms with Crippen molar-refractivity contribution in [3.8, 4) is 0 Å². The van der Waals surface area contributed by atoms with Crippen molar-refractivity contribution in [2.24, 2.45) is 11.3 Å². The van der Waals surface area contributed by atoms with Gasteiger partial charge in [-0.05, 0) is 11.6 Å². The zero-order chi connectivity index (χ0) is 11.6. The summed E-state index contributed by atoms with van der Waals surface area (Å²) in [7, 11) is 0. The van der Waals surface area contributed by atoms with Crippen LogP contribution in [0.2, 0.25) is 0 Å². The Morgan fingerprint density at radius 3 is 3.47 bits per heavy atom. The quantitative estimate of drug-likeness (QED) is 0.838. The van der Waals surface area contributed by atoms with Gasteiger partial charge in [0.15, 0.2) is 0 Å². The molecule has 0 aliphatic carbocycles. The van der Waals surface area contributed by atoms with E-state index in [2.05, 4.69) is 10.3 Å². The lowest BCUT2D eigenvalue weighted by Crippen LogP contribution is -2.34. The molecule has 2 aliphatic rings. The number of hydrogen-bond donors (Lipinski definition) is 1. The predicted molar refractivity (Wildman–Crippen MR) is 63.5 cm³/mol. The van der Waals surface area contributed by atoms with Crippen molar-refractivity contribution in [3.63, 3.8) is 0 Å². The van der Waals surface area contributed by atoms with Crippen LogP contribution in [0.15, 0.2) is 24.5 Å². The van der Waals surface area contributed by atoms with Crippen LogP contribution < -0.4 is 5.32 Å². The summed E-state index contributed by atoms with van der Waals surface area (Å²) in [4.78, 5) is 4.08. The molecule has 0 unspecified atom stereocenters. The third-order valence-electron chi connectivity index (χ3n) is 3.82. The van der Waals surface area contributed by atoms with Crippen LogP contribution in [0.5, 0.6) is 0 Å². The predicted octanol–water partition coefficient (Wildman–Crippen LogP) is 0.834. The Labute approximate surface area is 101 Å². The van der Waals surface area contributed by atoms with E-state index in [0.717, 1.165) is 38.5 Å². The summed E-state index contributed by atoms with van der Waals surface area (Å²) in [5, 5.41) is 3.44. The third kappa shape index (κ3) is 2.20. The highest BCUT2D eigenvalue weighted by atomic mass is 16.5. The molecule has 2 fully saturated rings. The lowest BCUT2D eigenvalue weighted by molar-refractivity contribution is 0.0253. The Bertz CT molecular complexity index is 359. The van der Waals surface area contributed by atoms with Crippen molar-refractivity contribution in [1.82, 2.24) is 10.3 Å². The number of ether oxygens (including phenoxy) is 2. The standard InChI is InChI=1S/C13H18N2O2/c1-2-11(4-14-3-1)6-16-9-13-8-15-5-12(13)7-17-10-13/h1-4,12,15H,5-10H2/t12-,13-/m1/s1. The van der Waals surface area contributed by atoms with Crippen LogP contribution in [0.25, 0.3) is 0 Å². The van der Waals surface area contributed by atoms with Gasteiger partial charge in [-0.15, -0.1) is 0 Å². The minimum Gasteiger partial charge on any atom is -0.380 e. The van der Waals surface area contributed by atoms with Gasteiger partial charge in [0.05, 0.1) is 26.4 Å². The molecule has 3 heterocycles. The smallest absolute Gasteiger partial charge is 0.0732 e. The molecule has 0 bridgehead atoms. The summed E-state index contributed by atoms with van der Waals surface area (Å²) >= 11 is 0. The number of nitrogens with zero attached hydrogens (tertiary/aromatic N) is 1. The van der Waals surface area contributed by atoms with Gasteiger partial charge in [-0.1, -0.05) is 6.07 Å². The molecular weight excluding hydrogens is 216 g/mol. The van der Waals surface area contributed by atoms with Crippen LogP contribution in [-0.2, 0) is 16.1 Å². The lowest BCUT2D eigenvalue weighted by atomic mass is 9.82. The molecule has 1 aromatic heterocycles. The number of hydrogen-bond acceptors (Lipinski definition) is 4. The first-order valence-corrected chi connectivity index (χ1v) is 6.14. The maximum absolute atomic E-state index is 5.85. The molecule has 1 aromatic rings. The molecule has 1 N–H and O–H groups in total. The van der Waals surface area contributed by atoms with E-state index in [1.165, 1.54) is 0 Å². The van der Waals surface area contributed by atoms with Gasteiger partial charge >= 0.3 is 0 Å². The van der Waals surface area contributed by atoms with E-state index in [4.69, 9.17) is 9.47 Å². The number of nitrogens with one attached hydrogen (secondary N) is 1. The Kier molecular flexibility index (Phi) is 3.09. The largest absolute Gasteiger partial charge is 0.380 e. The van der Waals surface area contributed by atoms with Gasteiger partial charge in [-0.3, -0.25) is 4.98 Å². The molecule has 0 aromatic carbocycles. The number of rotatable bonds is 4. The SMILES string of the molecule is c1cncc(COC[C@@]23CNC[C@@H]2COC3)c1. The van der Waals surface area contributed by atoms with Crippen molar-refractivity contribution in [3.05, 3.63) is 30.1 Å². The second-order valence-electron chi connectivity index (χ2n) is 5.06. The third-order valence-corrected chi connectivity index (χ3v) is 3.82. The fourth-order valence-corrected chi connectivity index (χ4v) is 2.73. The minimum atomic E-state index is 0.211. The van der Waals surface area contributed by atoms with Gasteiger partial charge in [0.1, 0.15) is 0 Å². The second-order valence-corrected chi connectivity index (χ2v) is 5.06. The van der Waals surface area contributed by atoms with Crippen molar-refractivity contribution < 1.29 is 9.47 Å². The van der Waals surface area contributed by atoms with Gasteiger partial charge in [0, 0.05) is 36.8 Å². The first-order chi connectivity index (χ1) is 8.39.